The van der Waals surface area contributed by atoms with E-state index in [0.717, 1.165) is 0 Å². The fourth-order valence-corrected chi connectivity index (χ4v) is 2.36. The number of hydrogen-bond acceptors (Lipinski definition) is 4. The van der Waals surface area contributed by atoms with Gasteiger partial charge in [-0.25, -0.2) is 0 Å². The van der Waals surface area contributed by atoms with Gasteiger partial charge in [0.15, 0.2) is 5.11 Å². The van der Waals surface area contributed by atoms with E-state index in [9.17, 15) is 14.7 Å². The zero-order chi connectivity index (χ0) is 17.0. The molecule has 0 spiro atoms. The van der Waals surface area contributed by atoms with Gasteiger partial charge in [-0.15, -0.1) is 0 Å². The van der Waals surface area contributed by atoms with Gasteiger partial charge in [0.2, 0.25) is 0 Å². The van der Waals surface area contributed by atoms with Crippen LogP contribution in [0.2, 0.25) is 10.0 Å². The second-order valence-corrected chi connectivity index (χ2v) is 5.59. The molecular weight excluding hydrogens is 359 g/mol. The third-order valence-electron chi connectivity index (χ3n) is 2.79. The van der Waals surface area contributed by atoms with Crippen molar-refractivity contribution in [1.82, 2.24) is 5.32 Å². The lowest BCUT2D eigenvalue weighted by atomic mass is 10.2. The fourth-order valence-electron chi connectivity index (χ4n) is 1.74. The average molecular weight is 368 g/mol. The summed E-state index contributed by atoms with van der Waals surface area (Å²) < 4.78 is 0. The smallest absolute Gasteiger partial charge is 0.258 e. The van der Waals surface area contributed by atoms with Gasteiger partial charge in [-0.2, -0.15) is 0 Å². The number of hydrogen-bond donors (Lipinski definition) is 2. The molecule has 0 fully saturated rings. The van der Waals surface area contributed by atoms with Crippen LogP contribution in [0.1, 0.15) is 20.7 Å². The van der Waals surface area contributed by atoms with E-state index in [1.807, 2.05) is 0 Å². The number of thiocarbonyl (C=S) groups is 1. The van der Waals surface area contributed by atoms with E-state index in [-0.39, 0.29) is 21.3 Å². The summed E-state index contributed by atoms with van der Waals surface area (Å²) in [5.41, 5.74) is 0.430. The van der Waals surface area contributed by atoms with Crippen molar-refractivity contribution >= 4 is 58.1 Å². The van der Waals surface area contributed by atoms with Gasteiger partial charge in [-0.3, -0.25) is 10.1 Å². The predicted octanol–water partition coefficient (Wildman–Crippen LogP) is 2.48. The lowest BCUT2D eigenvalue weighted by Crippen LogP contribution is -2.34. The molecule has 5 nitrogen and oxygen atoms in total. The number of amides is 1. The van der Waals surface area contributed by atoms with E-state index >= 15 is 0 Å². The van der Waals surface area contributed by atoms with E-state index in [0.29, 0.717) is 10.7 Å². The Morgan fingerprint density at radius 1 is 1.00 bits per heavy atom. The Bertz CT molecular complexity index is 796. The monoisotopic (exact) mass is 367 g/mol. The number of nitrogens with one attached hydrogen (secondary N) is 2. The second-order valence-electron chi connectivity index (χ2n) is 4.37. The van der Waals surface area contributed by atoms with Crippen molar-refractivity contribution in [3.63, 3.8) is 0 Å². The van der Waals surface area contributed by atoms with Gasteiger partial charge in [-0.05, 0) is 42.5 Å². The highest BCUT2D eigenvalue weighted by Gasteiger charge is 2.11. The summed E-state index contributed by atoms with van der Waals surface area (Å²) in [7, 11) is 0. The first-order valence-corrected chi connectivity index (χ1v) is 7.42. The third kappa shape index (κ3) is 4.41. The molecule has 2 aromatic rings. The summed E-state index contributed by atoms with van der Waals surface area (Å²) >= 11 is 16.7. The number of carboxylic acid groups (broad SMARTS) is 1. The number of aromatic carboxylic acids is 1. The van der Waals surface area contributed by atoms with Gasteiger partial charge < -0.3 is 15.2 Å². The van der Waals surface area contributed by atoms with Crippen molar-refractivity contribution in [2.24, 2.45) is 0 Å². The van der Waals surface area contributed by atoms with Crippen molar-refractivity contribution in [3.05, 3.63) is 63.6 Å². The van der Waals surface area contributed by atoms with Crippen molar-refractivity contribution in [1.29, 1.82) is 0 Å². The second kappa shape index (κ2) is 7.41. The molecule has 0 saturated heterocycles. The first-order valence-electron chi connectivity index (χ1n) is 6.26. The van der Waals surface area contributed by atoms with Gasteiger partial charge in [0, 0.05) is 16.3 Å². The van der Waals surface area contributed by atoms with Crippen LogP contribution in [-0.2, 0) is 0 Å². The molecule has 0 bridgehead atoms. The van der Waals surface area contributed by atoms with Gasteiger partial charge in [0.05, 0.1) is 16.6 Å². The van der Waals surface area contributed by atoms with Crippen molar-refractivity contribution in [2.45, 2.75) is 0 Å². The van der Waals surface area contributed by atoms with Crippen LogP contribution in [0.5, 0.6) is 0 Å². The van der Waals surface area contributed by atoms with E-state index < -0.39 is 11.9 Å². The number of carbonyl (C=O) groups is 2. The molecule has 0 heterocycles. The van der Waals surface area contributed by atoms with Crippen molar-refractivity contribution in [3.8, 4) is 0 Å². The molecule has 23 heavy (non-hydrogen) atoms. The summed E-state index contributed by atoms with van der Waals surface area (Å²) in [4.78, 5) is 23.0. The van der Waals surface area contributed by atoms with Gasteiger partial charge in [-0.1, -0.05) is 35.3 Å². The molecule has 0 aliphatic carbocycles. The lowest BCUT2D eigenvalue weighted by Gasteiger charge is -2.12. The number of benzene rings is 2. The number of anilines is 1. The van der Waals surface area contributed by atoms with Crippen LogP contribution in [0, 0.1) is 0 Å². The number of halogens is 2. The Kier molecular flexibility index (Phi) is 5.54. The molecule has 2 N–H and O–H groups in total. The largest absolute Gasteiger partial charge is 0.545 e. The molecule has 0 saturated carbocycles. The van der Waals surface area contributed by atoms with Crippen LogP contribution in [0.4, 0.5) is 5.69 Å². The van der Waals surface area contributed by atoms with Crippen LogP contribution in [0.15, 0.2) is 42.5 Å². The Hall–Kier alpha value is -2.15. The molecule has 2 aromatic carbocycles. The predicted molar refractivity (Wildman–Crippen MR) is 90.9 cm³/mol. The first-order chi connectivity index (χ1) is 10.9. The molecule has 0 aliphatic rings. The minimum Gasteiger partial charge on any atom is -0.545 e. The highest BCUT2D eigenvalue weighted by Crippen LogP contribution is 2.20. The Labute approximate surface area is 147 Å². The molecular formula is C15H9Cl2N2O3S-. The number of carboxylic acids is 1. The number of carbonyl (C=O) groups excluding carboxylic acids is 2. The van der Waals surface area contributed by atoms with Gasteiger partial charge >= 0.3 is 0 Å². The normalized spacial score (nSPS) is 10.0. The average Bonchev–Trinajstić information content (AvgIpc) is 2.49. The van der Waals surface area contributed by atoms with E-state index in [1.54, 1.807) is 24.3 Å². The Balaban J connectivity index is 2.08. The molecule has 0 aromatic heterocycles. The highest BCUT2D eigenvalue weighted by molar-refractivity contribution is 7.80. The molecule has 118 valence electrons. The first kappa shape index (κ1) is 17.2. The minimum atomic E-state index is -1.41. The molecule has 8 heteroatoms. The number of rotatable bonds is 3. The maximum absolute atomic E-state index is 12.0. The van der Waals surface area contributed by atoms with Crippen LogP contribution < -0.4 is 15.7 Å². The minimum absolute atomic E-state index is 0.0125. The van der Waals surface area contributed by atoms with Gasteiger partial charge in [0.25, 0.3) is 5.91 Å². The molecule has 1 amide bonds. The van der Waals surface area contributed by atoms with Crippen LogP contribution >= 0.6 is 35.4 Å². The molecule has 0 unspecified atom stereocenters. The van der Waals surface area contributed by atoms with E-state index in [1.165, 1.54) is 18.2 Å². The summed E-state index contributed by atoms with van der Waals surface area (Å²) in [6, 6.07) is 10.7. The standard InChI is InChI=1S/C15H10Cl2N2O3S/c16-11-4-2-1-3-9(11)13(20)19-15(23)18-8-5-6-12(17)10(7-8)14(21)22/h1-7H,(H,21,22)(H2,18,19,20,23)/p-1. The fraction of sp³-hybridized carbons (Fsp3) is 0. The Morgan fingerprint density at radius 2 is 1.65 bits per heavy atom. The van der Waals surface area contributed by atoms with E-state index in [2.05, 4.69) is 10.6 Å². The van der Waals surface area contributed by atoms with Crippen LogP contribution in [0.3, 0.4) is 0 Å². The molecule has 0 radical (unpaired) electrons. The SMILES string of the molecule is O=C([O-])c1cc(NC(=S)NC(=O)c2ccccc2Cl)ccc1Cl. The van der Waals surface area contributed by atoms with E-state index in [4.69, 9.17) is 35.4 Å². The quantitative estimate of drug-likeness (QED) is 0.814. The molecule has 2 rings (SSSR count). The molecule has 0 aliphatic heterocycles. The summed E-state index contributed by atoms with van der Waals surface area (Å²) in [6.45, 7) is 0. The highest BCUT2D eigenvalue weighted by atomic mass is 35.5. The summed E-state index contributed by atoms with van der Waals surface area (Å²) in [5, 5.41) is 16.4. The summed E-state index contributed by atoms with van der Waals surface area (Å²) in [6.07, 6.45) is 0. The molecule has 0 atom stereocenters. The lowest BCUT2D eigenvalue weighted by molar-refractivity contribution is -0.255. The topological polar surface area (TPSA) is 81.3 Å². The van der Waals surface area contributed by atoms with Crippen LogP contribution in [-0.4, -0.2) is 17.0 Å². The maximum atomic E-state index is 12.0. The maximum Gasteiger partial charge on any atom is 0.258 e. The third-order valence-corrected chi connectivity index (χ3v) is 3.65. The van der Waals surface area contributed by atoms with Crippen molar-refractivity contribution in [2.75, 3.05) is 5.32 Å². The zero-order valence-electron chi connectivity index (χ0n) is 11.4. The zero-order valence-corrected chi connectivity index (χ0v) is 13.8. The van der Waals surface area contributed by atoms with Gasteiger partial charge in [0.1, 0.15) is 0 Å². The van der Waals surface area contributed by atoms with Crippen LogP contribution in [0.25, 0.3) is 0 Å². The Morgan fingerprint density at radius 3 is 2.30 bits per heavy atom. The summed E-state index contributed by atoms with van der Waals surface area (Å²) in [5.74, 6) is -1.90. The van der Waals surface area contributed by atoms with Crippen molar-refractivity contribution < 1.29 is 14.7 Å².